The maximum atomic E-state index is 5.94. The zero-order chi connectivity index (χ0) is 13.0. The maximum absolute atomic E-state index is 5.94. The number of ether oxygens (including phenoxy) is 2. The third-order valence-electron chi connectivity index (χ3n) is 4.01. The van der Waals surface area contributed by atoms with E-state index in [0.29, 0.717) is 18.3 Å². The molecule has 0 aromatic heterocycles. The SMILES string of the molecule is CC(C)OC1CC=C(CC(C)OCC2CCC2)C1. The molecule has 0 bridgehead atoms. The lowest BCUT2D eigenvalue weighted by Gasteiger charge is -2.27. The minimum Gasteiger partial charge on any atom is -0.378 e. The van der Waals surface area contributed by atoms with E-state index in [2.05, 4.69) is 26.8 Å². The normalized spacial score (nSPS) is 26.2. The molecule has 2 heteroatoms. The monoisotopic (exact) mass is 252 g/mol. The zero-order valence-electron chi connectivity index (χ0n) is 12.2. The molecule has 0 aromatic carbocycles. The second-order valence-electron chi connectivity index (χ2n) is 6.25. The van der Waals surface area contributed by atoms with Crippen LogP contribution in [0.5, 0.6) is 0 Å². The van der Waals surface area contributed by atoms with E-state index in [1.807, 2.05) is 0 Å². The average molecular weight is 252 g/mol. The fourth-order valence-electron chi connectivity index (χ4n) is 2.80. The summed E-state index contributed by atoms with van der Waals surface area (Å²) >= 11 is 0. The molecule has 18 heavy (non-hydrogen) atoms. The summed E-state index contributed by atoms with van der Waals surface area (Å²) in [4.78, 5) is 0. The van der Waals surface area contributed by atoms with Crippen LogP contribution in [0.4, 0.5) is 0 Å². The van der Waals surface area contributed by atoms with Crippen molar-refractivity contribution >= 4 is 0 Å². The first-order chi connectivity index (χ1) is 8.63. The van der Waals surface area contributed by atoms with Crippen LogP contribution in [0.1, 0.15) is 59.3 Å². The summed E-state index contributed by atoms with van der Waals surface area (Å²) in [6, 6.07) is 0. The molecule has 2 aliphatic carbocycles. The van der Waals surface area contributed by atoms with Gasteiger partial charge in [-0.25, -0.2) is 0 Å². The number of hydrogen-bond acceptors (Lipinski definition) is 2. The molecule has 104 valence electrons. The second kappa shape index (κ2) is 6.72. The fourth-order valence-corrected chi connectivity index (χ4v) is 2.80. The molecule has 0 saturated heterocycles. The molecule has 1 fully saturated rings. The molecule has 2 atom stereocenters. The van der Waals surface area contributed by atoms with Crippen molar-refractivity contribution in [3.05, 3.63) is 11.6 Å². The molecule has 0 radical (unpaired) electrons. The van der Waals surface area contributed by atoms with Crippen molar-refractivity contribution in [2.24, 2.45) is 5.92 Å². The van der Waals surface area contributed by atoms with E-state index in [1.165, 1.54) is 24.8 Å². The minimum absolute atomic E-state index is 0.343. The standard InChI is InChI=1S/C16H28O2/c1-12(2)18-16-8-7-15(10-16)9-13(3)17-11-14-5-4-6-14/h7,12-14,16H,4-6,8-11H2,1-3H3. The third kappa shape index (κ3) is 4.40. The Kier molecular flexibility index (Phi) is 5.25. The van der Waals surface area contributed by atoms with Gasteiger partial charge >= 0.3 is 0 Å². The van der Waals surface area contributed by atoms with Gasteiger partial charge in [-0.1, -0.05) is 18.1 Å². The molecular formula is C16H28O2. The van der Waals surface area contributed by atoms with E-state index < -0.39 is 0 Å². The third-order valence-corrected chi connectivity index (χ3v) is 4.01. The summed E-state index contributed by atoms with van der Waals surface area (Å²) in [7, 11) is 0. The molecule has 2 rings (SSSR count). The van der Waals surface area contributed by atoms with Crippen LogP contribution in [0, 0.1) is 5.92 Å². The van der Waals surface area contributed by atoms with Crippen molar-refractivity contribution in [1.82, 2.24) is 0 Å². The molecule has 0 aromatic rings. The molecule has 2 unspecified atom stereocenters. The van der Waals surface area contributed by atoms with Crippen LogP contribution in [-0.4, -0.2) is 24.9 Å². The van der Waals surface area contributed by atoms with Gasteiger partial charge in [0.2, 0.25) is 0 Å². The summed E-state index contributed by atoms with van der Waals surface area (Å²) in [5.41, 5.74) is 1.53. The molecule has 0 aliphatic heterocycles. The van der Waals surface area contributed by atoms with Gasteiger partial charge in [0.1, 0.15) is 0 Å². The average Bonchev–Trinajstić information content (AvgIpc) is 2.62. The lowest BCUT2D eigenvalue weighted by Crippen LogP contribution is -2.21. The first kappa shape index (κ1) is 14.1. The Morgan fingerprint density at radius 1 is 1.28 bits per heavy atom. The number of hydrogen-bond donors (Lipinski definition) is 0. The summed E-state index contributed by atoms with van der Waals surface area (Å²) in [6.07, 6.45) is 10.9. The highest BCUT2D eigenvalue weighted by Gasteiger charge is 2.22. The summed E-state index contributed by atoms with van der Waals surface area (Å²) in [5.74, 6) is 0.849. The predicted octanol–water partition coefficient (Wildman–Crippen LogP) is 4.10. The van der Waals surface area contributed by atoms with Crippen LogP contribution >= 0.6 is 0 Å². The minimum atomic E-state index is 0.343. The Hall–Kier alpha value is -0.340. The van der Waals surface area contributed by atoms with Crippen molar-refractivity contribution in [3.8, 4) is 0 Å². The summed E-state index contributed by atoms with van der Waals surface area (Å²) in [6.45, 7) is 7.40. The Balaban J connectivity index is 1.60. The van der Waals surface area contributed by atoms with Gasteiger partial charge in [-0.15, -0.1) is 0 Å². The van der Waals surface area contributed by atoms with Crippen molar-refractivity contribution in [2.45, 2.75) is 77.6 Å². The summed E-state index contributed by atoms with van der Waals surface area (Å²) in [5, 5.41) is 0. The first-order valence-electron chi connectivity index (χ1n) is 7.58. The van der Waals surface area contributed by atoms with Gasteiger partial charge in [0.25, 0.3) is 0 Å². The van der Waals surface area contributed by atoms with E-state index in [0.717, 1.165) is 31.8 Å². The van der Waals surface area contributed by atoms with Crippen molar-refractivity contribution in [2.75, 3.05) is 6.61 Å². The van der Waals surface area contributed by atoms with Gasteiger partial charge in [0.05, 0.1) is 18.3 Å². The van der Waals surface area contributed by atoms with Gasteiger partial charge in [0, 0.05) is 6.61 Å². The van der Waals surface area contributed by atoms with E-state index in [-0.39, 0.29) is 0 Å². The van der Waals surface area contributed by atoms with Crippen LogP contribution in [0.15, 0.2) is 11.6 Å². The maximum Gasteiger partial charge on any atom is 0.0650 e. The van der Waals surface area contributed by atoms with Crippen LogP contribution in [-0.2, 0) is 9.47 Å². The largest absolute Gasteiger partial charge is 0.378 e. The smallest absolute Gasteiger partial charge is 0.0650 e. The molecule has 0 spiro atoms. The Labute approximate surface area is 112 Å². The molecule has 0 N–H and O–H groups in total. The zero-order valence-corrected chi connectivity index (χ0v) is 12.2. The molecule has 2 aliphatic rings. The van der Waals surface area contributed by atoms with Gasteiger partial charge in [0.15, 0.2) is 0 Å². The molecule has 0 heterocycles. The molecule has 2 nitrogen and oxygen atoms in total. The van der Waals surface area contributed by atoms with Crippen LogP contribution < -0.4 is 0 Å². The quantitative estimate of drug-likeness (QED) is 0.635. The van der Waals surface area contributed by atoms with Crippen LogP contribution in [0.2, 0.25) is 0 Å². The molecular weight excluding hydrogens is 224 g/mol. The lowest BCUT2D eigenvalue weighted by molar-refractivity contribution is 0.00979. The predicted molar refractivity (Wildman–Crippen MR) is 74.7 cm³/mol. The van der Waals surface area contributed by atoms with Gasteiger partial charge in [-0.3, -0.25) is 0 Å². The van der Waals surface area contributed by atoms with E-state index in [1.54, 1.807) is 0 Å². The van der Waals surface area contributed by atoms with E-state index in [9.17, 15) is 0 Å². The molecule has 0 amide bonds. The molecule has 1 saturated carbocycles. The van der Waals surface area contributed by atoms with Crippen LogP contribution in [0.25, 0.3) is 0 Å². The van der Waals surface area contributed by atoms with Gasteiger partial charge < -0.3 is 9.47 Å². The van der Waals surface area contributed by atoms with E-state index in [4.69, 9.17) is 9.47 Å². The van der Waals surface area contributed by atoms with Crippen molar-refractivity contribution in [3.63, 3.8) is 0 Å². The number of rotatable bonds is 7. The highest BCUT2D eigenvalue weighted by atomic mass is 16.5. The van der Waals surface area contributed by atoms with Gasteiger partial charge in [-0.2, -0.15) is 0 Å². The van der Waals surface area contributed by atoms with Crippen molar-refractivity contribution < 1.29 is 9.47 Å². The van der Waals surface area contributed by atoms with Crippen LogP contribution in [0.3, 0.4) is 0 Å². The lowest BCUT2D eigenvalue weighted by atomic mass is 9.86. The topological polar surface area (TPSA) is 18.5 Å². The Bertz CT molecular complexity index is 279. The fraction of sp³-hybridized carbons (Fsp3) is 0.875. The second-order valence-corrected chi connectivity index (χ2v) is 6.25. The van der Waals surface area contributed by atoms with Crippen molar-refractivity contribution in [1.29, 1.82) is 0 Å². The first-order valence-corrected chi connectivity index (χ1v) is 7.58. The van der Waals surface area contributed by atoms with E-state index >= 15 is 0 Å². The summed E-state index contributed by atoms with van der Waals surface area (Å²) < 4.78 is 11.8. The highest BCUT2D eigenvalue weighted by molar-refractivity contribution is 5.12. The van der Waals surface area contributed by atoms with Gasteiger partial charge in [-0.05, 0) is 58.8 Å². The Morgan fingerprint density at radius 3 is 2.67 bits per heavy atom. The highest BCUT2D eigenvalue weighted by Crippen LogP contribution is 2.29. The Morgan fingerprint density at radius 2 is 2.06 bits per heavy atom.